The Balaban J connectivity index is 2.91. The lowest BCUT2D eigenvalue weighted by Crippen LogP contribution is -2.19. The molecule has 1 rings (SSSR count). The van der Waals surface area contributed by atoms with Gasteiger partial charge >= 0.3 is 0 Å². The van der Waals surface area contributed by atoms with E-state index >= 15 is 0 Å². The molecule has 0 aliphatic rings. The molecule has 0 radical (unpaired) electrons. The first-order valence-corrected chi connectivity index (χ1v) is 4.23. The first kappa shape index (κ1) is 11.6. The molecular formula is C7H7ClF2N4O. The molecule has 1 amide bonds. The van der Waals surface area contributed by atoms with Gasteiger partial charge in [0, 0.05) is 0 Å². The molecule has 1 aromatic rings. The Morgan fingerprint density at radius 3 is 2.80 bits per heavy atom. The van der Waals surface area contributed by atoms with Crippen LogP contribution in [0, 0.1) is 0 Å². The van der Waals surface area contributed by atoms with Crippen LogP contribution in [0.2, 0.25) is 5.15 Å². The number of nitrogens with two attached hydrogens (primary N) is 1. The lowest BCUT2D eigenvalue weighted by atomic mass is 10.2. The maximum Gasteiger partial charge on any atom is 0.255 e. The molecule has 0 aliphatic carbocycles. The van der Waals surface area contributed by atoms with Gasteiger partial charge in [-0.05, 0) is 6.07 Å². The van der Waals surface area contributed by atoms with Crippen LogP contribution >= 0.6 is 11.6 Å². The highest BCUT2D eigenvalue weighted by Gasteiger charge is 2.12. The smallest absolute Gasteiger partial charge is 0.255 e. The fourth-order valence-electron chi connectivity index (χ4n) is 0.860. The molecule has 5 nitrogen and oxygen atoms in total. The summed E-state index contributed by atoms with van der Waals surface area (Å²) >= 11 is 5.47. The van der Waals surface area contributed by atoms with Gasteiger partial charge in [-0.1, -0.05) is 11.6 Å². The predicted molar refractivity (Wildman–Crippen MR) is 50.1 cm³/mol. The van der Waals surface area contributed by atoms with Gasteiger partial charge < -0.3 is 11.1 Å². The fourth-order valence-corrected chi connectivity index (χ4v) is 1.01. The minimum absolute atomic E-state index is 0.0357. The van der Waals surface area contributed by atoms with E-state index in [0.717, 1.165) is 6.07 Å². The van der Waals surface area contributed by atoms with E-state index in [4.69, 9.17) is 17.3 Å². The monoisotopic (exact) mass is 236 g/mol. The SMILES string of the molecule is NC(=O)c1cc(Cl)nnc1NCC(F)F. The highest BCUT2D eigenvalue weighted by atomic mass is 35.5. The zero-order valence-electron chi connectivity index (χ0n) is 7.38. The third-order valence-corrected chi connectivity index (χ3v) is 1.64. The van der Waals surface area contributed by atoms with Gasteiger partial charge in [0.25, 0.3) is 12.3 Å². The number of amides is 1. The van der Waals surface area contributed by atoms with Crippen LogP contribution in [0.5, 0.6) is 0 Å². The second kappa shape index (κ2) is 4.83. The summed E-state index contributed by atoms with van der Waals surface area (Å²) in [6.45, 7) is -0.642. The number of hydrogen-bond acceptors (Lipinski definition) is 4. The number of primary amides is 1. The fraction of sp³-hybridized carbons (Fsp3) is 0.286. The number of hydrogen-bond donors (Lipinski definition) is 2. The summed E-state index contributed by atoms with van der Waals surface area (Å²) in [6.07, 6.45) is -2.57. The number of nitrogens with zero attached hydrogens (tertiary/aromatic N) is 2. The Labute approximate surface area is 88.6 Å². The minimum Gasteiger partial charge on any atom is -0.365 e. The third-order valence-electron chi connectivity index (χ3n) is 1.45. The van der Waals surface area contributed by atoms with E-state index in [9.17, 15) is 13.6 Å². The van der Waals surface area contributed by atoms with Crippen molar-refractivity contribution in [1.29, 1.82) is 0 Å². The average molecular weight is 237 g/mol. The maximum absolute atomic E-state index is 11.9. The van der Waals surface area contributed by atoms with Gasteiger partial charge in [0.2, 0.25) is 0 Å². The largest absolute Gasteiger partial charge is 0.365 e. The predicted octanol–water partition coefficient (Wildman–Crippen LogP) is 0.906. The van der Waals surface area contributed by atoms with Gasteiger partial charge in [-0.3, -0.25) is 4.79 Å². The Morgan fingerprint density at radius 2 is 2.27 bits per heavy atom. The summed E-state index contributed by atoms with van der Waals surface area (Å²) in [7, 11) is 0. The van der Waals surface area contributed by atoms with Crippen molar-refractivity contribution in [1.82, 2.24) is 10.2 Å². The van der Waals surface area contributed by atoms with Crippen LogP contribution in [0.4, 0.5) is 14.6 Å². The number of alkyl halides is 2. The Morgan fingerprint density at radius 1 is 1.60 bits per heavy atom. The van der Waals surface area contributed by atoms with Crippen LogP contribution in [0.15, 0.2) is 6.07 Å². The van der Waals surface area contributed by atoms with Crippen LogP contribution in [0.1, 0.15) is 10.4 Å². The topological polar surface area (TPSA) is 80.9 Å². The number of rotatable bonds is 4. The summed E-state index contributed by atoms with van der Waals surface area (Å²) in [6, 6.07) is 1.16. The van der Waals surface area contributed by atoms with Crippen LogP contribution < -0.4 is 11.1 Å². The summed E-state index contributed by atoms with van der Waals surface area (Å²) in [4.78, 5) is 10.9. The van der Waals surface area contributed by atoms with Crippen LogP contribution in [-0.2, 0) is 0 Å². The second-order valence-electron chi connectivity index (χ2n) is 2.57. The van der Waals surface area contributed by atoms with Crippen molar-refractivity contribution in [3.05, 3.63) is 16.8 Å². The zero-order chi connectivity index (χ0) is 11.4. The molecule has 0 saturated heterocycles. The number of halogens is 3. The Kier molecular flexibility index (Phi) is 3.73. The molecule has 0 bridgehead atoms. The van der Waals surface area contributed by atoms with Crippen molar-refractivity contribution in [3.8, 4) is 0 Å². The molecule has 0 aliphatic heterocycles. The maximum atomic E-state index is 11.9. The van der Waals surface area contributed by atoms with Crippen molar-refractivity contribution >= 4 is 23.3 Å². The molecule has 15 heavy (non-hydrogen) atoms. The first-order chi connectivity index (χ1) is 7.00. The minimum atomic E-state index is -2.57. The molecule has 0 fully saturated rings. The van der Waals surface area contributed by atoms with E-state index < -0.39 is 18.9 Å². The van der Waals surface area contributed by atoms with E-state index in [0.29, 0.717) is 0 Å². The molecule has 3 N–H and O–H groups in total. The highest BCUT2D eigenvalue weighted by Crippen LogP contribution is 2.14. The van der Waals surface area contributed by atoms with Gasteiger partial charge in [-0.15, -0.1) is 10.2 Å². The van der Waals surface area contributed by atoms with Gasteiger partial charge in [0.15, 0.2) is 11.0 Å². The molecule has 8 heteroatoms. The van der Waals surface area contributed by atoms with Gasteiger partial charge in [0.1, 0.15) is 0 Å². The van der Waals surface area contributed by atoms with Crippen molar-refractivity contribution in [2.45, 2.75) is 6.43 Å². The molecule has 1 aromatic heterocycles. The number of carbonyl (C=O) groups is 1. The van der Waals surface area contributed by atoms with E-state index in [-0.39, 0.29) is 16.5 Å². The molecule has 0 unspecified atom stereocenters. The summed E-state index contributed by atoms with van der Waals surface area (Å²) in [5.74, 6) is -0.921. The highest BCUT2D eigenvalue weighted by molar-refractivity contribution is 6.29. The summed E-state index contributed by atoms with van der Waals surface area (Å²) in [5, 5.41) is 9.05. The average Bonchev–Trinajstić information content (AvgIpc) is 2.15. The normalized spacial score (nSPS) is 10.4. The quantitative estimate of drug-likeness (QED) is 0.814. The molecule has 1 heterocycles. The molecular weight excluding hydrogens is 230 g/mol. The zero-order valence-corrected chi connectivity index (χ0v) is 8.13. The van der Waals surface area contributed by atoms with E-state index in [1.54, 1.807) is 0 Å². The molecule has 0 atom stereocenters. The third kappa shape index (κ3) is 3.28. The van der Waals surface area contributed by atoms with Crippen LogP contribution in [-0.4, -0.2) is 29.1 Å². The second-order valence-corrected chi connectivity index (χ2v) is 2.95. The molecule has 0 spiro atoms. The van der Waals surface area contributed by atoms with Crippen molar-refractivity contribution in [3.63, 3.8) is 0 Å². The Bertz CT molecular complexity index is 374. The first-order valence-electron chi connectivity index (χ1n) is 3.85. The Hall–Kier alpha value is -1.50. The van der Waals surface area contributed by atoms with E-state index in [2.05, 4.69) is 15.5 Å². The standard InChI is InChI=1S/C7H7ClF2N4O/c8-4-1-3(6(11)15)7(14-13-4)12-2-5(9)10/h1,5H,2H2,(H2,11,15)(H,12,14). The molecule has 0 aromatic carbocycles. The number of nitrogens with one attached hydrogen (secondary N) is 1. The van der Waals surface area contributed by atoms with E-state index in [1.165, 1.54) is 0 Å². The van der Waals surface area contributed by atoms with Gasteiger partial charge in [-0.25, -0.2) is 8.78 Å². The van der Waals surface area contributed by atoms with Crippen molar-refractivity contribution < 1.29 is 13.6 Å². The number of aromatic nitrogens is 2. The van der Waals surface area contributed by atoms with Crippen LogP contribution in [0.3, 0.4) is 0 Å². The number of anilines is 1. The summed E-state index contributed by atoms with van der Waals surface area (Å²) in [5.41, 5.74) is 4.92. The van der Waals surface area contributed by atoms with Gasteiger partial charge in [-0.2, -0.15) is 0 Å². The van der Waals surface area contributed by atoms with Crippen molar-refractivity contribution in [2.75, 3.05) is 11.9 Å². The van der Waals surface area contributed by atoms with Crippen molar-refractivity contribution in [2.24, 2.45) is 5.73 Å². The van der Waals surface area contributed by atoms with E-state index in [1.807, 2.05) is 0 Å². The number of carbonyl (C=O) groups excluding carboxylic acids is 1. The van der Waals surface area contributed by atoms with Crippen LogP contribution in [0.25, 0.3) is 0 Å². The molecule has 0 saturated carbocycles. The summed E-state index contributed by atoms with van der Waals surface area (Å²) < 4.78 is 23.8. The molecule has 82 valence electrons. The van der Waals surface area contributed by atoms with Gasteiger partial charge in [0.05, 0.1) is 12.1 Å². The lowest BCUT2D eigenvalue weighted by molar-refractivity contribution is 0.1000. The lowest BCUT2D eigenvalue weighted by Gasteiger charge is -2.07.